The third-order valence-electron chi connectivity index (χ3n) is 9.65. The van der Waals surface area contributed by atoms with Crippen molar-refractivity contribution in [2.24, 2.45) is 20.5 Å². The minimum absolute atomic E-state index is 0.00663. The molecule has 0 saturated heterocycles. The van der Waals surface area contributed by atoms with Crippen molar-refractivity contribution >= 4 is 127 Å². The van der Waals surface area contributed by atoms with E-state index in [4.69, 9.17) is 67.5 Å². The molecule has 16 nitrogen and oxygen atoms in total. The van der Waals surface area contributed by atoms with E-state index in [0.29, 0.717) is 39.6 Å². The lowest BCUT2D eigenvalue weighted by atomic mass is 10.1. The molecule has 2 atom stereocenters. The van der Waals surface area contributed by atoms with Gasteiger partial charge in [-0.05, 0) is 80.4 Å². The summed E-state index contributed by atoms with van der Waals surface area (Å²) in [6.45, 7) is 2.31. The molecule has 0 spiro atoms. The number of carbonyl (C=O) groups excluding carboxylic acids is 6. The van der Waals surface area contributed by atoms with Crippen LogP contribution in [-0.4, -0.2) is 67.4 Å². The van der Waals surface area contributed by atoms with Crippen molar-refractivity contribution in [1.82, 2.24) is 0 Å². The summed E-state index contributed by atoms with van der Waals surface area (Å²) in [6.07, 6.45) is 0.197. The van der Waals surface area contributed by atoms with Gasteiger partial charge in [-0.1, -0.05) is 59.6 Å². The molecule has 67 heavy (non-hydrogen) atoms. The molecule has 5 aromatic rings. The molecule has 5 aromatic carbocycles. The van der Waals surface area contributed by atoms with Crippen LogP contribution in [0.15, 0.2) is 111 Å². The molecule has 0 aromatic heterocycles. The number of ketones is 2. The monoisotopic (exact) mass is 1010 g/mol. The maximum absolute atomic E-state index is 13.5. The van der Waals surface area contributed by atoms with Crippen LogP contribution in [0.1, 0.15) is 51.3 Å². The van der Waals surface area contributed by atoms with E-state index in [1.54, 1.807) is 36.4 Å². The lowest BCUT2D eigenvalue weighted by Crippen LogP contribution is -2.32. The minimum atomic E-state index is -1.64. The first-order valence-electron chi connectivity index (χ1n) is 19.9. The van der Waals surface area contributed by atoms with Crippen LogP contribution in [-0.2, 0) is 37.4 Å². The molecule has 0 heterocycles. The first-order valence-corrected chi connectivity index (χ1v) is 22.3. The fourth-order valence-corrected chi connectivity index (χ4v) is 7.50. The molecule has 0 saturated carbocycles. The van der Waals surface area contributed by atoms with Crippen LogP contribution in [0.2, 0.25) is 10.0 Å². The minimum Gasteiger partial charge on any atom is -0.494 e. The van der Waals surface area contributed by atoms with Gasteiger partial charge < -0.3 is 30.7 Å². The maximum atomic E-state index is 13.5. The third kappa shape index (κ3) is 12.9. The van der Waals surface area contributed by atoms with Gasteiger partial charge in [0, 0.05) is 28.4 Å². The van der Waals surface area contributed by atoms with Gasteiger partial charge in [-0.15, -0.1) is 34.8 Å². The highest BCUT2D eigenvalue weighted by atomic mass is 35.5. The molecule has 0 aliphatic heterocycles. The predicted molar refractivity (Wildman–Crippen MR) is 260 cm³/mol. The van der Waals surface area contributed by atoms with Gasteiger partial charge in [0.05, 0.1) is 58.5 Å². The van der Waals surface area contributed by atoms with Gasteiger partial charge in [-0.25, -0.2) is 0 Å². The van der Waals surface area contributed by atoms with Crippen molar-refractivity contribution in [2.75, 3.05) is 41.4 Å². The van der Waals surface area contributed by atoms with Crippen LogP contribution >= 0.6 is 58.0 Å². The molecular formula is C46H41Cl5N8O8. The van der Waals surface area contributed by atoms with Crippen molar-refractivity contribution in [2.45, 2.75) is 44.1 Å². The summed E-state index contributed by atoms with van der Waals surface area (Å²) in [4.78, 5) is 78.9. The predicted octanol–water partition coefficient (Wildman–Crippen LogP) is 11.1. The summed E-state index contributed by atoms with van der Waals surface area (Å²) in [6, 6.07) is 20.2. The molecule has 0 bridgehead atoms. The average molecular weight is 1010 g/mol. The van der Waals surface area contributed by atoms with Gasteiger partial charge in [0.2, 0.25) is 12.1 Å². The van der Waals surface area contributed by atoms with E-state index in [0.717, 1.165) is 13.8 Å². The van der Waals surface area contributed by atoms with Crippen LogP contribution in [0, 0.1) is 0 Å². The van der Waals surface area contributed by atoms with Crippen LogP contribution in [0.25, 0.3) is 0 Å². The number of Topliss-reactive ketones (excluding diaryl/α,β-unsaturated/α-hetero) is 2. The van der Waals surface area contributed by atoms with Gasteiger partial charge in [-0.2, -0.15) is 20.5 Å². The standard InChI is InChI=1S/C46H41Cl5N8O8/c1-24(60)39(58-56-33-13-7-11-30(37(33)50)43(62)54-35-15-5-9-27(22-48)41(35)66-3)45(64)52-29-17-18-32(26(21-29)19-20-47)53-46(65)40(25(2)61)59-57-34-14-8-12-31(38(34)51)44(63)55-36-16-6-10-28(23-49)42(36)67-4/h5-18,21,39-40H,19-20,22-23H2,1-4H3,(H,52,64)(H,53,65)(H,54,62)(H,55,63). The van der Waals surface area contributed by atoms with Gasteiger partial charge >= 0.3 is 0 Å². The summed E-state index contributed by atoms with van der Waals surface area (Å²) in [5, 5.41) is 26.6. The fourth-order valence-electron chi connectivity index (χ4n) is 6.37. The van der Waals surface area contributed by atoms with Crippen LogP contribution in [0.4, 0.5) is 34.1 Å². The van der Waals surface area contributed by atoms with E-state index in [1.807, 2.05) is 0 Å². The highest BCUT2D eigenvalue weighted by Gasteiger charge is 2.27. The summed E-state index contributed by atoms with van der Waals surface area (Å²) in [7, 11) is 2.89. The number of halogens is 5. The molecule has 4 N–H and O–H groups in total. The topological polar surface area (TPSA) is 218 Å². The third-order valence-corrected chi connectivity index (χ3v) is 11.2. The smallest absolute Gasteiger partial charge is 0.258 e. The van der Waals surface area contributed by atoms with Gasteiger partial charge in [0.1, 0.15) is 22.9 Å². The van der Waals surface area contributed by atoms with Crippen LogP contribution in [0.5, 0.6) is 11.5 Å². The first-order chi connectivity index (χ1) is 32.1. The number of benzene rings is 5. The number of alkyl halides is 3. The Morgan fingerprint density at radius 3 is 1.42 bits per heavy atom. The summed E-state index contributed by atoms with van der Waals surface area (Å²) >= 11 is 31.3. The molecule has 21 heteroatoms. The number of methoxy groups -OCH3 is 2. The Morgan fingerprint density at radius 1 is 0.552 bits per heavy atom. The van der Waals surface area contributed by atoms with Crippen molar-refractivity contribution < 1.29 is 38.2 Å². The number of aryl methyl sites for hydroxylation is 1. The molecule has 0 fully saturated rings. The largest absolute Gasteiger partial charge is 0.494 e. The zero-order chi connectivity index (χ0) is 48.8. The van der Waals surface area contributed by atoms with Gasteiger partial charge in [-0.3, -0.25) is 28.8 Å². The van der Waals surface area contributed by atoms with E-state index in [2.05, 4.69) is 41.7 Å². The van der Waals surface area contributed by atoms with E-state index >= 15 is 0 Å². The van der Waals surface area contributed by atoms with Crippen molar-refractivity contribution in [3.05, 3.63) is 129 Å². The number of para-hydroxylation sites is 2. The molecule has 0 aliphatic rings. The van der Waals surface area contributed by atoms with E-state index in [-0.39, 0.29) is 68.0 Å². The zero-order valence-corrected chi connectivity index (χ0v) is 39.9. The Morgan fingerprint density at radius 2 is 1.00 bits per heavy atom. The SMILES string of the molecule is COc1c(CCl)cccc1NC(=O)c1cccc(N=NC(C(C)=O)C(=O)Nc2ccc(NC(=O)C(N=Nc3cccc(C(=O)Nc4cccc(CCl)c4OC)c3Cl)C(C)=O)c(CCCl)c2)c1Cl. The Labute approximate surface area is 409 Å². The number of nitrogens with zero attached hydrogens (tertiary/aromatic N) is 4. The number of carbonyl (C=O) groups is 6. The van der Waals surface area contributed by atoms with E-state index < -0.39 is 47.3 Å². The van der Waals surface area contributed by atoms with Crippen molar-refractivity contribution in [1.29, 1.82) is 0 Å². The normalized spacial score (nSPS) is 12.0. The summed E-state index contributed by atoms with van der Waals surface area (Å²) in [5.74, 6) is -3.05. The Bertz CT molecular complexity index is 2770. The number of nitrogens with one attached hydrogen (secondary N) is 4. The quantitative estimate of drug-likeness (QED) is 0.0333. The molecule has 2 unspecified atom stereocenters. The molecule has 4 amide bonds. The number of ether oxygens (including phenoxy) is 2. The number of azo groups is 2. The Balaban J connectivity index is 1.29. The Kier molecular flexibility index (Phi) is 18.8. The van der Waals surface area contributed by atoms with Gasteiger partial charge in [0.25, 0.3) is 23.6 Å². The second-order valence-corrected chi connectivity index (χ2v) is 15.9. The molecule has 0 radical (unpaired) electrons. The number of hydrogen-bond acceptors (Lipinski definition) is 12. The van der Waals surface area contributed by atoms with E-state index in [1.165, 1.54) is 68.8 Å². The molecule has 348 valence electrons. The average Bonchev–Trinajstić information content (AvgIpc) is 3.30. The maximum Gasteiger partial charge on any atom is 0.258 e. The number of hydrogen-bond donors (Lipinski definition) is 4. The highest BCUT2D eigenvalue weighted by molar-refractivity contribution is 6.37. The second-order valence-electron chi connectivity index (χ2n) is 14.2. The van der Waals surface area contributed by atoms with Crippen LogP contribution in [0.3, 0.4) is 0 Å². The summed E-state index contributed by atoms with van der Waals surface area (Å²) < 4.78 is 10.9. The lowest BCUT2D eigenvalue weighted by molar-refractivity contribution is -0.127. The molecular weight excluding hydrogens is 970 g/mol. The van der Waals surface area contributed by atoms with Gasteiger partial charge in [0.15, 0.2) is 11.6 Å². The first kappa shape index (κ1) is 51.6. The number of amides is 4. The highest BCUT2D eigenvalue weighted by Crippen LogP contribution is 2.35. The second kappa shape index (κ2) is 24.4. The molecule has 0 aliphatic carbocycles. The molecule has 5 rings (SSSR count). The fraction of sp³-hybridized carbons (Fsp3) is 0.217. The number of anilines is 4. The van der Waals surface area contributed by atoms with E-state index in [9.17, 15) is 28.8 Å². The van der Waals surface area contributed by atoms with Crippen molar-refractivity contribution in [3.63, 3.8) is 0 Å². The lowest BCUT2D eigenvalue weighted by Gasteiger charge is -2.16. The summed E-state index contributed by atoms with van der Waals surface area (Å²) in [5.41, 5.74) is 3.00. The van der Waals surface area contributed by atoms with Crippen molar-refractivity contribution in [3.8, 4) is 11.5 Å². The Hall–Kier alpha value is -6.43. The zero-order valence-electron chi connectivity index (χ0n) is 36.1. The number of rotatable bonds is 20. The van der Waals surface area contributed by atoms with Crippen LogP contribution < -0.4 is 30.7 Å².